The average molecular weight is 303 g/mol. The molecule has 0 bridgehead atoms. The van der Waals surface area contributed by atoms with Crippen molar-refractivity contribution < 1.29 is 5.11 Å². The van der Waals surface area contributed by atoms with Gasteiger partial charge < -0.3 is 10.8 Å². The van der Waals surface area contributed by atoms with Crippen molar-refractivity contribution in [3.05, 3.63) is 47.3 Å². The molecule has 0 amide bonds. The van der Waals surface area contributed by atoms with E-state index >= 15 is 0 Å². The summed E-state index contributed by atoms with van der Waals surface area (Å²) >= 11 is 2.95. The Kier molecular flexibility index (Phi) is 3.86. The highest BCUT2D eigenvalue weighted by Crippen LogP contribution is 2.28. The third-order valence-corrected chi connectivity index (χ3v) is 4.62. The second kappa shape index (κ2) is 5.78. The molecule has 0 fully saturated rings. The Morgan fingerprint density at radius 2 is 2.00 bits per heavy atom. The lowest BCUT2D eigenvalue weighted by atomic mass is 10.1. The fourth-order valence-electron chi connectivity index (χ4n) is 1.85. The average Bonchev–Trinajstić information content (AvgIpc) is 2.94. The second-order valence-electron chi connectivity index (χ2n) is 4.27. The van der Waals surface area contributed by atoms with Gasteiger partial charge in [0.2, 0.25) is 0 Å². The molecule has 0 aliphatic rings. The Labute approximate surface area is 124 Å². The maximum atomic E-state index is 10.1. The summed E-state index contributed by atoms with van der Waals surface area (Å²) in [5.41, 5.74) is 6.79. The summed E-state index contributed by atoms with van der Waals surface area (Å²) in [6.45, 7) is 0. The number of thioether (sulfide) groups is 1. The predicted octanol–water partition coefficient (Wildman–Crippen LogP) is 3.10. The largest absolute Gasteiger partial charge is 0.388 e. The Bertz CT molecular complexity index is 715. The fraction of sp³-hybridized carbons (Fsp3) is 0.143. The molecule has 0 unspecified atom stereocenters. The van der Waals surface area contributed by atoms with Gasteiger partial charge in [-0.1, -0.05) is 42.1 Å². The van der Waals surface area contributed by atoms with Crippen LogP contribution in [-0.2, 0) is 0 Å². The third kappa shape index (κ3) is 2.77. The van der Waals surface area contributed by atoms with E-state index in [1.165, 1.54) is 23.1 Å². The van der Waals surface area contributed by atoms with Crippen molar-refractivity contribution in [1.29, 1.82) is 0 Å². The van der Waals surface area contributed by atoms with E-state index in [1.807, 2.05) is 41.8 Å². The molecular weight excluding hydrogens is 290 g/mol. The van der Waals surface area contributed by atoms with Crippen molar-refractivity contribution in [1.82, 2.24) is 9.97 Å². The van der Waals surface area contributed by atoms with Crippen LogP contribution in [0.15, 0.2) is 46.9 Å². The summed E-state index contributed by atoms with van der Waals surface area (Å²) in [4.78, 5) is 9.59. The van der Waals surface area contributed by atoms with E-state index in [1.54, 1.807) is 0 Å². The zero-order valence-corrected chi connectivity index (χ0v) is 12.2. The monoisotopic (exact) mass is 303 g/mol. The molecule has 3 N–H and O–H groups in total. The molecule has 102 valence electrons. The minimum Gasteiger partial charge on any atom is -0.388 e. The highest BCUT2D eigenvalue weighted by atomic mass is 32.2. The number of nitrogen functional groups attached to an aromatic ring is 1. The number of benzene rings is 1. The van der Waals surface area contributed by atoms with Gasteiger partial charge in [0.1, 0.15) is 10.6 Å². The van der Waals surface area contributed by atoms with Gasteiger partial charge in [-0.05, 0) is 17.0 Å². The number of anilines is 1. The van der Waals surface area contributed by atoms with Crippen molar-refractivity contribution in [3.63, 3.8) is 0 Å². The lowest BCUT2D eigenvalue weighted by molar-refractivity contribution is 0.204. The number of hydrogen-bond donors (Lipinski definition) is 2. The number of fused-ring (bicyclic) bond motifs is 1. The maximum Gasteiger partial charge on any atom is 0.190 e. The first-order valence-electron chi connectivity index (χ1n) is 6.10. The van der Waals surface area contributed by atoms with Crippen LogP contribution >= 0.6 is 23.1 Å². The Balaban J connectivity index is 1.73. The van der Waals surface area contributed by atoms with Crippen LogP contribution in [0.3, 0.4) is 0 Å². The molecule has 2 heterocycles. The molecule has 6 heteroatoms. The van der Waals surface area contributed by atoms with E-state index in [4.69, 9.17) is 5.73 Å². The van der Waals surface area contributed by atoms with Crippen LogP contribution in [0.25, 0.3) is 10.2 Å². The number of aliphatic hydroxyl groups excluding tert-OH is 1. The molecular formula is C14H13N3OS2. The summed E-state index contributed by atoms with van der Waals surface area (Å²) in [6, 6.07) is 11.5. The Morgan fingerprint density at radius 1 is 1.20 bits per heavy atom. The number of nitrogens with zero attached hydrogens (tertiary/aromatic N) is 2. The van der Waals surface area contributed by atoms with E-state index in [0.717, 1.165) is 15.8 Å². The van der Waals surface area contributed by atoms with E-state index in [2.05, 4.69) is 9.97 Å². The maximum absolute atomic E-state index is 10.1. The molecule has 1 aromatic carbocycles. The Morgan fingerprint density at radius 3 is 2.80 bits per heavy atom. The van der Waals surface area contributed by atoms with Crippen LogP contribution in [0.5, 0.6) is 0 Å². The molecule has 1 atom stereocenters. The molecule has 2 aromatic heterocycles. The molecule has 3 rings (SSSR count). The van der Waals surface area contributed by atoms with Crippen LogP contribution in [-0.4, -0.2) is 20.8 Å². The van der Waals surface area contributed by atoms with Crippen LogP contribution < -0.4 is 5.73 Å². The predicted molar refractivity (Wildman–Crippen MR) is 84.0 cm³/mol. The molecule has 0 spiro atoms. The lowest BCUT2D eigenvalue weighted by Gasteiger charge is -2.09. The lowest BCUT2D eigenvalue weighted by Crippen LogP contribution is -2.02. The van der Waals surface area contributed by atoms with Crippen LogP contribution in [0.4, 0.5) is 5.82 Å². The van der Waals surface area contributed by atoms with Crippen LogP contribution in [0, 0.1) is 0 Å². The summed E-state index contributed by atoms with van der Waals surface area (Å²) < 4.78 is 0. The van der Waals surface area contributed by atoms with Crippen molar-refractivity contribution >= 4 is 39.1 Å². The van der Waals surface area contributed by atoms with Gasteiger partial charge in [0.25, 0.3) is 0 Å². The smallest absolute Gasteiger partial charge is 0.190 e. The number of aliphatic hydroxyl groups is 1. The van der Waals surface area contributed by atoms with Crippen molar-refractivity contribution in [2.45, 2.75) is 11.3 Å². The van der Waals surface area contributed by atoms with Gasteiger partial charge in [-0.15, -0.1) is 11.3 Å². The molecule has 0 aliphatic carbocycles. The van der Waals surface area contributed by atoms with E-state index in [-0.39, 0.29) is 0 Å². The van der Waals surface area contributed by atoms with Gasteiger partial charge in [-0.25, -0.2) is 9.97 Å². The van der Waals surface area contributed by atoms with Gasteiger partial charge in [0, 0.05) is 5.75 Å². The van der Waals surface area contributed by atoms with Crippen LogP contribution in [0.1, 0.15) is 11.7 Å². The quantitative estimate of drug-likeness (QED) is 0.572. The zero-order valence-electron chi connectivity index (χ0n) is 10.6. The third-order valence-electron chi connectivity index (χ3n) is 2.89. The molecule has 4 nitrogen and oxygen atoms in total. The van der Waals surface area contributed by atoms with E-state index in [9.17, 15) is 5.11 Å². The summed E-state index contributed by atoms with van der Waals surface area (Å²) in [7, 11) is 0. The molecule has 0 radical (unpaired) electrons. The normalized spacial score (nSPS) is 12.7. The van der Waals surface area contributed by atoms with Crippen molar-refractivity contribution in [2.24, 2.45) is 0 Å². The molecule has 0 saturated carbocycles. The number of nitrogens with two attached hydrogens (primary N) is 1. The van der Waals surface area contributed by atoms with Crippen molar-refractivity contribution in [3.8, 4) is 0 Å². The molecule has 20 heavy (non-hydrogen) atoms. The first-order chi connectivity index (χ1) is 9.74. The van der Waals surface area contributed by atoms with Gasteiger partial charge in [0.15, 0.2) is 5.16 Å². The molecule has 0 aliphatic heterocycles. The first kappa shape index (κ1) is 13.4. The van der Waals surface area contributed by atoms with Gasteiger partial charge in [-0.2, -0.15) is 0 Å². The number of thiophene rings is 1. The van der Waals surface area contributed by atoms with E-state index < -0.39 is 6.10 Å². The van der Waals surface area contributed by atoms with Crippen LogP contribution in [0.2, 0.25) is 0 Å². The number of rotatable bonds is 4. The molecule has 0 saturated heterocycles. The van der Waals surface area contributed by atoms with Gasteiger partial charge >= 0.3 is 0 Å². The van der Waals surface area contributed by atoms with E-state index in [0.29, 0.717) is 16.7 Å². The minimum atomic E-state index is -0.537. The second-order valence-corrected chi connectivity index (χ2v) is 6.15. The topological polar surface area (TPSA) is 72.0 Å². The summed E-state index contributed by atoms with van der Waals surface area (Å²) in [5, 5.41) is 13.6. The fourth-order valence-corrected chi connectivity index (χ4v) is 3.50. The number of hydrogen-bond acceptors (Lipinski definition) is 6. The number of aromatic nitrogens is 2. The Hall–Kier alpha value is -1.63. The molecule has 3 aromatic rings. The van der Waals surface area contributed by atoms with Gasteiger partial charge in [0.05, 0.1) is 11.5 Å². The summed E-state index contributed by atoms with van der Waals surface area (Å²) in [5.74, 6) is 0.994. The zero-order chi connectivity index (χ0) is 13.9. The first-order valence-corrected chi connectivity index (χ1v) is 7.97. The highest BCUT2D eigenvalue weighted by Gasteiger charge is 2.11. The standard InChI is InChI=1S/C14H13N3OS2/c15-12-10-6-7-19-13(10)17-14(16-12)20-8-11(18)9-4-2-1-3-5-9/h1-7,11,18H,8H2,(H2,15,16,17)/t11-/m1/s1. The van der Waals surface area contributed by atoms with Gasteiger partial charge in [-0.3, -0.25) is 0 Å². The SMILES string of the molecule is Nc1nc(SC[C@@H](O)c2ccccc2)nc2sccc12. The minimum absolute atomic E-state index is 0.493. The highest BCUT2D eigenvalue weighted by molar-refractivity contribution is 7.99. The summed E-state index contributed by atoms with van der Waals surface area (Å²) in [6.07, 6.45) is -0.537. The van der Waals surface area contributed by atoms with Crippen molar-refractivity contribution in [2.75, 3.05) is 11.5 Å².